The van der Waals surface area contributed by atoms with E-state index in [-0.39, 0.29) is 11.9 Å². The van der Waals surface area contributed by atoms with E-state index in [9.17, 15) is 4.79 Å². The average Bonchev–Trinajstić information content (AvgIpc) is 2.62. The Morgan fingerprint density at radius 2 is 1.75 bits per heavy atom. The summed E-state index contributed by atoms with van der Waals surface area (Å²) in [6, 6.07) is 20.9. The first kappa shape index (κ1) is 16.2. The van der Waals surface area contributed by atoms with Crippen molar-refractivity contribution >= 4 is 23.2 Å². The molecule has 0 radical (unpaired) electrons. The van der Waals surface area contributed by atoms with Gasteiger partial charge in [-0.25, -0.2) is 0 Å². The van der Waals surface area contributed by atoms with E-state index < -0.39 is 0 Å². The zero-order valence-electron chi connectivity index (χ0n) is 13.3. The molecule has 0 fully saturated rings. The fourth-order valence-corrected chi connectivity index (χ4v) is 2.67. The van der Waals surface area contributed by atoms with Crippen LogP contribution in [0.1, 0.15) is 13.0 Å². The van der Waals surface area contributed by atoms with Gasteiger partial charge in [-0.3, -0.25) is 4.79 Å². The molecular weight excluding hydrogens is 320 g/mol. The van der Waals surface area contributed by atoms with Gasteiger partial charge in [0.05, 0.1) is 0 Å². The molecule has 1 amide bonds. The number of benzene rings is 2. The van der Waals surface area contributed by atoms with Gasteiger partial charge in [0.15, 0.2) is 12.4 Å². The minimum Gasteiger partial charge on any atom is -0.320 e. The molecule has 1 N–H and O–H groups in total. The number of nitrogens with one attached hydrogen (secondary N) is 1. The highest BCUT2D eigenvalue weighted by Crippen LogP contribution is 2.18. The van der Waals surface area contributed by atoms with Gasteiger partial charge in [-0.15, -0.1) is 0 Å². The van der Waals surface area contributed by atoms with E-state index in [4.69, 9.17) is 11.6 Å². The maximum Gasteiger partial charge on any atom is 0.293 e. The van der Waals surface area contributed by atoms with Crippen molar-refractivity contribution in [3.8, 4) is 11.1 Å². The third-order valence-corrected chi connectivity index (χ3v) is 4.08. The van der Waals surface area contributed by atoms with Crippen molar-refractivity contribution in [2.45, 2.75) is 13.0 Å². The molecule has 0 aliphatic carbocycles. The average molecular weight is 338 g/mol. The van der Waals surface area contributed by atoms with Crippen LogP contribution in [-0.4, -0.2) is 5.91 Å². The molecule has 3 rings (SSSR count). The number of pyridine rings is 1. The topological polar surface area (TPSA) is 33.0 Å². The molecule has 1 heterocycles. The van der Waals surface area contributed by atoms with Crippen LogP contribution in [0.5, 0.6) is 0 Å². The molecule has 24 heavy (non-hydrogen) atoms. The van der Waals surface area contributed by atoms with Gasteiger partial charge < -0.3 is 5.32 Å². The maximum absolute atomic E-state index is 12.5. The van der Waals surface area contributed by atoms with E-state index in [2.05, 4.69) is 17.4 Å². The van der Waals surface area contributed by atoms with E-state index >= 15 is 0 Å². The first-order chi connectivity index (χ1) is 11.6. The lowest BCUT2D eigenvalue weighted by Crippen LogP contribution is -2.44. The Balaban J connectivity index is 1.79. The number of carbonyl (C=O) groups is 1. The van der Waals surface area contributed by atoms with Crippen LogP contribution in [0.15, 0.2) is 79.1 Å². The summed E-state index contributed by atoms with van der Waals surface area (Å²) in [5, 5.41) is 3.49. The van der Waals surface area contributed by atoms with Crippen molar-refractivity contribution in [2.24, 2.45) is 0 Å². The smallest absolute Gasteiger partial charge is 0.293 e. The van der Waals surface area contributed by atoms with Crippen LogP contribution in [0.4, 0.5) is 5.69 Å². The number of rotatable bonds is 4. The van der Waals surface area contributed by atoms with Crippen LogP contribution < -0.4 is 9.88 Å². The molecule has 0 bridgehead atoms. The lowest BCUT2D eigenvalue weighted by molar-refractivity contribution is -0.705. The summed E-state index contributed by atoms with van der Waals surface area (Å²) >= 11 is 5.96. The summed E-state index contributed by atoms with van der Waals surface area (Å²) in [7, 11) is 0. The second-order valence-electron chi connectivity index (χ2n) is 5.58. The molecule has 0 aliphatic heterocycles. The zero-order valence-corrected chi connectivity index (χ0v) is 14.1. The van der Waals surface area contributed by atoms with Crippen molar-refractivity contribution < 1.29 is 9.36 Å². The summed E-state index contributed by atoms with van der Waals surface area (Å²) in [5.74, 6) is -0.0903. The van der Waals surface area contributed by atoms with Crippen LogP contribution in [0.25, 0.3) is 11.1 Å². The van der Waals surface area contributed by atoms with E-state index in [1.165, 1.54) is 0 Å². The fourth-order valence-electron chi connectivity index (χ4n) is 2.48. The summed E-state index contributed by atoms with van der Waals surface area (Å²) in [6.07, 6.45) is 3.88. The first-order valence-electron chi connectivity index (χ1n) is 7.76. The van der Waals surface area contributed by atoms with Gasteiger partial charge in [-0.2, -0.15) is 4.57 Å². The van der Waals surface area contributed by atoms with E-state index in [1.54, 1.807) is 12.1 Å². The van der Waals surface area contributed by atoms with Crippen LogP contribution >= 0.6 is 11.6 Å². The quantitative estimate of drug-likeness (QED) is 0.699. The molecule has 1 aromatic heterocycles. The van der Waals surface area contributed by atoms with Gasteiger partial charge in [-0.1, -0.05) is 48.0 Å². The van der Waals surface area contributed by atoms with E-state index in [0.717, 1.165) is 11.1 Å². The maximum atomic E-state index is 12.5. The molecule has 1 atom stereocenters. The highest BCUT2D eigenvalue weighted by Gasteiger charge is 2.22. The second kappa shape index (κ2) is 7.28. The van der Waals surface area contributed by atoms with Gasteiger partial charge in [0.2, 0.25) is 6.04 Å². The molecule has 0 spiro atoms. The summed E-state index contributed by atoms with van der Waals surface area (Å²) in [6.45, 7) is 1.87. The fraction of sp³-hybridized carbons (Fsp3) is 0.100. The van der Waals surface area contributed by atoms with E-state index in [1.807, 2.05) is 66.3 Å². The standard InChI is InChI=1S/C20H17ClN2O/c1-15(20(24)22-19-11-5-10-18(21)13-19)23-12-6-9-17(14-23)16-7-3-2-4-8-16/h2-15H,1H3/p+1/t15-/m0/s1. The third-order valence-electron chi connectivity index (χ3n) is 3.85. The number of hydrogen-bond donors (Lipinski definition) is 1. The van der Waals surface area contributed by atoms with E-state index in [0.29, 0.717) is 10.7 Å². The number of nitrogens with zero attached hydrogens (tertiary/aromatic N) is 1. The predicted octanol–water partition coefficient (Wildman–Crippen LogP) is 4.49. The number of carbonyl (C=O) groups excluding carboxylic acids is 1. The Morgan fingerprint density at radius 3 is 2.50 bits per heavy atom. The second-order valence-corrected chi connectivity index (χ2v) is 6.02. The Labute approximate surface area is 146 Å². The van der Waals surface area contributed by atoms with Crippen molar-refractivity contribution in [1.29, 1.82) is 0 Å². The molecule has 0 saturated carbocycles. The molecule has 4 heteroatoms. The van der Waals surface area contributed by atoms with Crippen molar-refractivity contribution in [2.75, 3.05) is 5.32 Å². The summed E-state index contributed by atoms with van der Waals surface area (Å²) in [5.41, 5.74) is 2.88. The van der Waals surface area contributed by atoms with Gasteiger partial charge in [0.1, 0.15) is 0 Å². The molecular formula is C20H18ClN2O+. The first-order valence-corrected chi connectivity index (χ1v) is 8.14. The highest BCUT2D eigenvalue weighted by molar-refractivity contribution is 6.30. The molecule has 120 valence electrons. The highest BCUT2D eigenvalue weighted by atomic mass is 35.5. The monoisotopic (exact) mass is 337 g/mol. The summed E-state index contributed by atoms with van der Waals surface area (Å²) in [4.78, 5) is 12.5. The van der Waals surface area contributed by atoms with Gasteiger partial charge >= 0.3 is 0 Å². The lowest BCUT2D eigenvalue weighted by atomic mass is 10.1. The van der Waals surface area contributed by atoms with Gasteiger partial charge in [-0.05, 0) is 29.8 Å². The minimum absolute atomic E-state index is 0.0903. The van der Waals surface area contributed by atoms with Gasteiger partial charge in [0.25, 0.3) is 5.91 Å². The number of aromatic nitrogens is 1. The van der Waals surface area contributed by atoms with Gasteiger partial charge in [0, 0.05) is 29.3 Å². The molecule has 3 aromatic rings. The molecule has 0 aliphatic rings. The Hall–Kier alpha value is -2.65. The van der Waals surface area contributed by atoms with Crippen LogP contribution in [0.3, 0.4) is 0 Å². The number of halogens is 1. The Bertz CT molecular complexity index is 849. The van der Waals surface area contributed by atoms with Crippen molar-refractivity contribution in [3.63, 3.8) is 0 Å². The lowest BCUT2D eigenvalue weighted by Gasteiger charge is -2.10. The molecule has 2 aromatic carbocycles. The van der Waals surface area contributed by atoms with Crippen LogP contribution in [0, 0.1) is 0 Å². The number of anilines is 1. The zero-order chi connectivity index (χ0) is 16.9. The molecule has 3 nitrogen and oxygen atoms in total. The minimum atomic E-state index is -0.340. The largest absolute Gasteiger partial charge is 0.320 e. The SMILES string of the molecule is C[C@@H](C(=O)Nc1cccc(Cl)c1)[n+]1cccc(-c2ccccc2)c1. The Morgan fingerprint density at radius 1 is 1.00 bits per heavy atom. The van der Waals surface area contributed by atoms with Crippen LogP contribution in [-0.2, 0) is 4.79 Å². The van der Waals surface area contributed by atoms with Crippen molar-refractivity contribution in [1.82, 2.24) is 0 Å². The normalized spacial score (nSPS) is 11.8. The summed E-state index contributed by atoms with van der Waals surface area (Å²) < 4.78 is 1.90. The molecule has 0 saturated heterocycles. The van der Waals surface area contributed by atoms with Crippen LogP contribution in [0.2, 0.25) is 5.02 Å². The predicted molar refractivity (Wildman–Crippen MR) is 96.9 cm³/mol. The number of hydrogen-bond acceptors (Lipinski definition) is 1. The third kappa shape index (κ3) is 3.81. The van der Waals surface area contributed by atoms with Crippen molar-refractivity contribution in [3.05, 3.63) is 84.1 Å². The Kier molecular flexibility index (Phi) is 4.92. The molecule has 0 unspecified atom stereocenters. The number of amides is 1.